The minimum absolute atomic E-state index is 0.0214. The van der Waals surface area contributed by atoms with E-state index >= 15 is 0 Å². The topological polar surface area (TPSA) is 67.2 Å². The van der Waals surface area contributed by atoms with Gasteiger partial charge < -0.3 is 18.9 Å². The molecule has 0 radical (unpaired) electrons. The molecule has 0 spiro atoms. The second-order valence-electron chi connectivity index (χ2n) is 7.90. The number of aryl methyl sites for hydroxylation is 2. The van der Waals surface area contributed by atoms with Crippen LogP contribution in [0.5, 0.6) is 0 Å². The van der Waals surface area contributed by atoms with Crippen LogP contribution in [-0.2, 0) is 11.2 Å². The van der Waals surface area contributed by atoms with Crippen LogP contribution < -0.4 is 0 Å². The van der Waals surface area contributed by atoms with Crippen molar-refractivity contribution in [1.29, 1.82) is 0 Å². The van der Waals surface area contributed by atoms with Crippen LogP contribution in [0.25, 0.3) is 5.65 Å². The number of imidazole rings is 1. The van der Waals surface area contributed by atoms with E-state index in [1.165, 1.54) is 0 Å². The van der Waals surface area contributed by atoms with E-state index in [9.17, 15) is 9.59 Å². The van der Waals surface area contributed by atoms with Crippen molar-refractivity contribution >= 4 is 17.6 Å². The molecule has 0 unspecified atom stereocenters. The first kappa shape index (κ1) is 19.2. The summed E-state index contributed by atoms with van der Waals surface area (Å²) in [5.74, 6) is -0.0214. The molecular weight excluding hydrogens is 344 g/mol. The molecule has 0 atom stereocenters. The Morgan fingerprint density at radius 1 is 1.11 bits per heavy atom. The Labute approximate surface area is 159 Å². The Balaban J connectivity index is 1.68. The number of ether oxygens (including phenoxy) is 1. The molecule has 0 N–H and O–H groups in total. The Hall–Kier alpha value is -2.57. The molecule has 3 rings (SSSR count). The van der Waals surface area contributed by atoms with Crippen molar-refractivity contribution in [2.75, 3.05) is 26.2 Å². The second kappa shape index (κ2) is 7.21. The van der Waals surface area contributed by atoms with Gasteiger partial charge in [0.15, 0.2) is 0 Å². The standard InChI is InChI=1S/C20H28N4O3/c1-6-16-14(2)24-13-15(7-8-17(24)21-16)18(25)22-9-11-23(12-10-22)19(26)27-20(3,4)5/h7-8,13H,6,9-12H2,1-5H3. The van der Waals surface area contributed by atoms with Crippen LogP contribution in [-0.4, -0.2) is 63.0 Å². The van der Waals surface area contributed by atoms with Gasteiger partial charge in [0.05, 0.1) is 11.3 Å². The number of amides is 2. The van der Waals surface area contributed by atoms with E-state index in [0.29, 0.717) is 31.7 Å². The van der Waals surface area contributed by atoms with E-state index in [1.807, 2.05) is 50.4 Å². The molecule has 27 heavy (non-hydrogen) atoms. The number of hydrogen-bond acceptors (Lipinski definition) is 4. The molecular formula is C20H28N4O3. The van der Waals surface area contributed by atoms with Crippen molar-refractivity contribution in [1.82, 2.24) is 19.2 Å². The molecule has 2 aromatic rings. The number of aromatic nitrogens is 2. The van der Waals surface area contributed by atoms with Crippen LogP contribution in [0.15, 0.2) is 18.3 Å². The molecule has 3 heterocycles. The summed E-state index contributed by atoms with van der Waals surface area (Å²) in [5, 5.41) is 0. The molecule has 7 nitrogen and oxygen atoms in total. The molecule has 1 saturated heterocycles. The van der Waals surface area contributed by atoms with Crippen LogP contribution in [0.1, 0.15) is 49.4 Å². The third-order valence-electron chi connectivity index (χ3n) is 4.76. The molecule has 1 aliphatic heterocycles. The zero-order chi connectivity index (χ0) is 19.8. The Bertz CT molecular complexity index is 858. The van der Waals surface area contributed by atoms with E-state index in [2.05, 4.69) is 11.9 Å². The minimum Gasteiger partial charge on any atom is -0.444 e. The lowest BCUT2D eigenvalue weighted by molar-refractivity contribution is 0.0141. The summed E-state index contributed by atoms with van der Waals surface area (Å²) in [5.41, 5.74) is 3.09. The van der Waals surface area contributed by atoms with E-state index < -0.39 is 5.60 Å². The fourth-order valence-corrected chi connectivity index (χ4v) is 3.27. The molecule has 2 amide bonds. The lowest BCUT2D eigenvalue weighted by Gasteiger charge is -2.35. The van der Waals surface area contributed by atoms with Gasteiger partial charge in [-0.3, -0.25) is 4.79 Å². The molecule has 0 aromatic carbocycles. The van der Waals surface area contributed by atoms with E-state index in [1.54, 1.807) is 9.80 Å². The Kier molecular flexibility index (Phi) is 5.13. The van der Waals surface area contributed by atoms with Gasteiger partial charge in [-0.25, -0.2) is 9.78 Å². The first-order chi connectivity index (χ1) is 12.7. The van der Waals surface area contributed by atoms with Crippen LogP contribution in [0.4, 0.5) is 4.79 Å². The van der Waals surface area contributed by atoms with Gasteiger partial charge >= 0.3 is 6.09 Å². The summed E-state index contributed by atoms with van der Waals surface area (Å²) in [4.78, 5) is 33.1. The van der Waals surface area contributed by atoms with Crippen LogP contribution >= 0.6 is 0 Å². The third kappa shape index (κ3) is 4.07. The highest BCUT2D eigenvalue weighted by Gasteiger charge is 2.28. The van der Waals surface area contributed by atoms with Gasteiger partial charge in [0, 0.05) is 38.1 Å². The van der Waals surface area contributed by atoms with Crippen molar-refractivity contribution in [3.8, 4) is 0 Å². The maximum absolute atomic E-state index is 12.9. The SMILES string of the molecule is CCc1nc2ccc(C(=O)N3CCN(C(=O)OC(C)(C)C)CC3)cn2c1C. The average Bonchev–Trinajstić information content (AvgIpc) is 2.95. The number of carbonyl (C=O) groups is 2. The number of rotatable bonds is 2. The predicted molar refractivity (Wildman–Crippen MR) is 103 cm³/mol. The van der Waals surface area contributed by atoms with Crippen molar-refractivity contribution < 1.29 is 14.3 Å². The smallest absolute Gasteiger partial charge is 0.410 e. The summed E-state index contributed by atoms with van der Waals surface area (Å²) in [6, 6.07) is 3.71. The van der Waals surface area contributed by atoms with Gasteiger partial charge in [-0.05, 0) is 46.2 Å². The number of nitrogens with zero attached hydrogens (tertiary/aromatic N) is 4. The summed E-state index contributed by atoms with van der Waals surface area (Å²) in [6.07, 6.45) is 2.40. The van der Waals surface area contributed by atoms with E-state index in [-0.39, 0.29) is 12.0 Å². The number of hydrogen-bond donors (Lipinski definition) is 0. The van der Waals surface area contributed by atoms with Gasteiger partial charge in [0.2, 0.25) is 0 Å². The summed E-state index contributed by atoms with van der Waals surface area (Å²) in [7, 11) is 0. The van der Waals surface area contributed by atoms with Gasteiger partial charge in [-0.1, -0.05) is 6.92 Å². The maximum Gasteiger partial charge on any atom is 0.410 e. The van der Waals surface area contributed by atoms with Crippen LogP contribution in [0.2, 0.25) is 0 Å². The van der Waals surface area contributed by atoms with Crippen molar-refractivity contribution in [2.24, 2.45) is 0 Å². The monoisotopic (exact) mass is 372 g/mol. The first-order valence-corrected chi connectivity index (χ1v) is 9.44. The molecule has 0 aliphatic carbocycles. The largest absolute Gasteiger partial charge is 0.444 e. The lowest BCUT2D eigenvalue weighted by Crippen LogP contribution is -2.51. The predicted octanol–water partition coefficient (Wildman–Crippen LogP) is 2.90. The third-order valence-corrected chi connectivity index (χ3v) is 4.76. The Morgan fingerprint density at radius 2 is 1.74 bits per heavy atom. The molecule has 1 aliphatic rings. The van der Waals surface area contributed by atoms with Crippen LogP contribution in [0, 0.1) is 6.92 Å². The van der Waals surface area contributed by atoms with E-state index in [4.69, 9.17) is 4.74 Å². The summed E-state index contributed by atoms with van der Waals surface area (Å²) in [6.45, 7) is 11.6. The molecule has 0 bridgehead atoms. The maximum atomic E-state index is 12.9. The molecule has 1 fully saturated rings. The molecule has 7 heteroatoms. The highest BCUT2D eigenvalue weighted by atomic mass is 16.6. The first-order valence-electron chi connectivity index (χ1n) is 9.44. The van der Waals surface area contributed by atoms with Crippen LogP contribution in [0.3, 0.4) is 0 Å². The quantitative estimate of drug-likeness (QED) is 0.813. The van der Waals surface area contributed by atoms with Crippen molar-refractivity contribution in [2.45, 2.75) is 46.6 Å². The van der Waals surface area contributed by atoms with Gasteiger partial charge in [0.1, 0.15) is 11.2 Å². The fraction of sp³-hybridized carbons (Fsp3) is 0.550. The summed E-state index contributed by atoms with van der Waals surface area (Å²) >= 11 is 0. The number of pyridine rings is 1. The average molecular weight is 372 g/mol. The fourth-order valence-electron chi connectivity index (χ4n) is 3.27. The number of carbonyl (C=O) groups excluding carboxylic acids is 2. The van der Waals surface area contributed by atoms with E-state index in [0.717, 1.165) is 23.5 Å². The highest BCUT2D eigenvalue weighted by Crippen LogP contribution is 2.17. The van der Waals surface area contributed by atoms with Gasteiger partial charge in [0.25, 0.3) is 5.91 Å². The lowest BCUT2D eigenvalue weighted by atomic mass is 10.2. The minimum atomic E-state index is -0.514. The zero-order valence-electron chi connectivity index (χ0n) is 16.8. The highest BCUT2D eigenvalue weighted by molar-refractivity contribution is 5.94. The normalized spacial score (nSPS) is 15.3. The number of piperazine rings is 1. The molecule has 146 valence electrons. The van der Waals surface area contributed by atoms with Crippen molar-refractivity contribution in [3.63, 3.8) is 0 Å². The molecule has 0 saturated carbocycles. The Morgan fingerprint density at radius 3 is 2.33 bits per heavy atom. The van der Waals surface area contributed by atoms with Gasteiger partial charge in [-0.15, -0.1) is 0 Å². The second-order valence-corrected chi connectivity index (χ2v) is 7.90. The number of fused-ring (bicyclic) bond motifs is 1. The molecule has 2 aromatic heterocycles. The van der Waals surface area contributed by atoms with Crippen molar-refractivity contribution in [3.05, 3.63) is 35.3 Å². The summed E-state index contributed by atoms with van der Waals surface area (Å²) < 4.78 is 7.38. The zero-order valence-corrected chi connectivity index (χ0v) is 16.8. The van der Waals surface area contributed by atoms with Gasteiger partial charge in [-0.2, -0.15) is 0 Å².